The Morgan fingerprint density at radius 2 is 2.17 bits per heavy atom. The monoisotopic (exact) mass is 314 g/mol. The topological polar surface area (TPSA) is 71.3 Å². The summed E-state index contributed by atoms with van der Waals surface area (Å²) in [6.45, 7) is 6.82. The lowest BCUT2D eigenvalue weighted by molar-refractivity contribution is 0.0941. The first-order valence-corrected chi connectivity index (χ1v) is 8.10. The van der Waals surface area contributed by atoms with Gasteiger partial charge in [0.05, 0.1) is 0 Å². The first kappa shape index (κ1) is 15.7. The summed E-state index contributed by atoms with van der Waals surface area (Å²) in [7, 11) is 0. The predicted octanol–water partition coefficient (Wildman–Crippen LogP) is 2.26. The van der Waals surface area contributed by atoms with Gasteiger partial charge < -0.3 is 9.84 Å². The van der Waals surface area contributed by atoms with Crippen molar-refractivity contribution >= 4 is 5.91 Å². The van der Waals surface area contributed by atoms with Crippen LogP contribution < -0.4 is 5.32 Å². The van der Waals surface area contributed by atoms with Crippen LogP contribution in [0.2, 0.25) is 0 Å². The minimum atomic E-state index is -0.0405. The fourth-order valence-corrected chi connectivity index (χ4v) is 3.03. The number of hydrogen-bond donors (Lipinski definition) is 1. The Kier molecular flexibility index (Phi) is 4.71. The summed E-state index contributed by atoms with van der Waals surface area (Å²) in [6.07, 6.45) is 2.37. The van der Waals surface area contributed by atoms with Crippen molar-refractivity contribution in [2.24, 2.45) is 0 Å². The van der Waals surface area contributed by atoms with E-state index >= 15 is 0 Å². The number of likely N-dealkylation sites (tertiary alicyclic amines) is 1. The van der Waals surface area contributed by atoms with E-state index in [0.717, 1.165) is 25.1 Å². The molecule has 1 amide bonds. The molecule has 6 nitrogen and oxygen atoms in total. The summed E-state index contributed by atoms with van der Waals surface area (Å²) in [6, 6.07) is 7.70. The summed E-state index contributed by atoms with van der Waals surface area (Å²) in [5.74, 6) is 1.03. The van der Waals surface area contributed by atoms with Crippen LogP contribution in [-0.4, -0.2) is 46.6 Å². The van der Waals surface area contributed by atoms with E-state index in [1.165, 1.54) is 6.42 Å². The van der Waals surface area contributed by atoms with Gasteiger partial charge in [0.2, 0.25) is 0 Å². The fourth-order valence-electron chi connectivity index (χ4n) is 3.03. The lowest BCUT2D eigenvalue weighted by Crippen LogP contribution is -2.40. The van der Waals surface area contributed by atoms with Crippen LogP contribution in [0, 0.1) is 6.92 Å². The Bertz CT molecular complexity index is 665. The molecule has 0 radical (unpaired) electrons. The molecule has 2 heterocycles. The molecule has 1 N–H and O–H groups in total. The average Bonchev–Trinajstić information content (AvgIpc) is 3.21. The number of nitrogens with one attached hydrogen (secondary N) is 1. The molecule has 1 saturated heterocycles. The third-order valence-electron chi connectivity index (χ3n) is 4.33. The molecule has 23 heavy (non-hydrogen) atoms. The van der Waals surface area contributed by atoms with Crippen LogP contribution in [0.3, 0.4) is 0 Å². The van der Waals surface area contributed by atoms with Crippen molar-refractivity contribution in [1.29, 1.82) is 0 Å². The molecule has 1 aromatic heterocycles. The Balaban J connectivity index is 1.59. The number of nitrogens with zero attached hydrogens (tertiary/aromatic N) is 3. The van der Waals surface area contributed by atoms with Gasteiger partial charge in [0.1, 0.15) is 0 Å². The zero-order valence-electron chi connectivity index (χ0n) is 13.6. The van der Waals surface area contributed by atoms with E-state index in [0.29, 0.717) is 29.9 Å². The Morgan fingerprint density at radius 3 is 2.83 bits per heavy atom. The van der Waals surface area contributed by atoms with Gasteiger partial charge >= 0.3 is 0 Å². The number of carbonyl (C=O) groups is 1. The van der Waals surface area contributed by atoms with Gasteiger partial charge in [-0.1, -0.05) is 12.1 Å². The molecule has 1 aliphatic rings. The molecule has 1 fully saturated rings. The van der Waals surface area contributed by atoms with Gasteiger partial charge in [0.15, 0.2) is 5.82 Å². The van der Waals surface area contributed by atoms with Crippen LogP contribution in [0.5, 0.6) is 0 Å². The second kappa shape index (κ2) is 6.91. The Morgan fingerprint density at radius 1 is 1.39 bits per heavy atom. The number of benzene rings is 1. The number of aromatic nitrogens is 2. The molecule has 1 aromatic carbocycles. The standard InChI is InChI=1S/C17H22N4O2/c1-3-21-10-4-5-15(21)11-18-16(22)13-6-8-14(9-7-13)17-19-12(2)20-23-17/h6-9,15H,3-5,10-11H2,1-2H3,(H,18,22)/t15-/m0/s1. The Labute approximate surface area is 135 Å². The predicted molar refractivity (Wildman–Crippen MR) is 87.1 cm³/mol. The van der Waals surface area contributed by atoms with Crippen molar-refractivity contribution < 1.29 is 9.32 Å². The minimum Gasteiger partial charge on any atom is -0.350 e. The zero-order valence-corrected chi connectivity index (χ0v) is 13.6. The first-order chi connectivity index (χ1) is 11.2. The van der Waals surface area contributed by atoms with Crippen molar-refractivity contribution in [1.82, 2.24) is 20.4 Å². The third-order valence-corrected chi connectivity index (χ3v) is 4.33. The van der Waals surface area contributed by atoms with Crippen LogP contribution in [0.15, 0.2) is 28.8 Å². The maximum Gasteiger partial charge on any atom is 0.257 e. The third kappa shape index (κ3) is 3.59. The summed E-state index contributed by atoms with van der Waals surface area (Å²) in [5, 5.41) is 6.81. The van der Waals surface area contributed by atoms with Gasteiger partial charge in [0, 0.05) is 23.7 Å². The second-order valence-corrected chi connectivity index (χ2v) is 5.86. The van der Waals surface area contributed by atoms with E-state index in [1.54, 1.807) is 19.1 Å². The molecule has 0 spiro atoms. The van der Waals surface area contributed by atoms with Crippen molar-refractivity contribution in [2.75, 3.05) is 19.6 Å². The van der Waals surface area contributed by atoms with E-state index in [9.17, 15) is 4.79 Å². The molecule has 0 aliphatic carbocycles. The normalized spacial score (nSPS) is 18.3. The molecule has 2 aromatic rings. The van der Waals surface area contributed by atoms with Gasteiger partial charge in [0.25, 0.3) is 11.8 Å². The molecule has 1 atom stereocenters. The minimum absolute atomic E-state index is 0.0405. The van der Waals surface area contributed by atoms with Crippen molar-refractivity contribution in [2.45, 2.75) is 32.7 Å². The maximum atomic E-state index is 12.3. The number of likely N-dealkylation sites (N-methyl/N-ethyl adjacent to an activating group) is 1. The quantitative estimate of drug-likeness (QED) is 0.916. The summed E-state index contributed by atoms with van der Waals surface area (Å²) >= 11 is 0. The number of aryl methyl sites for hydroxylation is 1. The summed E-state index contributed by atoms with van der Waals surface area (Å²) in [4.78, 5) is 18.9. The zero-order chi connectivity index (χ0) is 16.2. The van der Waals surface area contributed by atoms with Gasteiger partial charge in [-0.2, -0.15) is 4.98 Å². The molecule has 0 bridgehead atoms. The number of rotatable bonds is 5. The van der Waals surface area contributed by atoms with E-state index in [2.05, 4.69) is 27.3 Å². The van der Waals surface area contributed by atoms with Crippen LogP contribution in [-0.2, 0) is 0 Å². The van der Waals surface area contributed by atoms with Crippen molar-refractivity contribution in [3.63, 3.8) is 0 Å². The summed E-state index contributed by atoms with van der Waals surface area (Å²) < 4.78 is 5.12. The molecule has 0 unspecified atom stereocenters. The Hall–Kier alpha value is -2.21. The van der Waals surface area contributed by atoms with E-state index in [1.807, 2.05) is 12.1 Å². The lowest BCUT2D eigenvalue weighted by atomic mass is 10.1. The fraction of sp³-hybridized carbons (Fsp3) is 0.471. The molecule has 3 rings (SSSR count). The smallest absolute Gasteiger partial charge is 0.257 e. The highest BCUT2D eigenvalue weighted by atomic mass is 16.5. The molecule has 0 saturated carbocycles. The molecular formula is C17H22N4O2. The largest absolute Gasteiger partial charge is 0.350 e. The first-order valence-electron chi connectivity index (χ1n) is 8.10. The molecule has 122 valence electrons. The molecule has 6 heteroatoms. The van der Waals surface area contributed by atoms with Gasteiger partial charge in [-0.05, 0) is 57.1 Å². The molecular weight excluding hydrogens is 292 g/mol. The van der Waals surface area contributed by atoms with E-state index in [-0.39, 0.29) is 5.91 Å². The lowest BCUT2D eigenvalue weighted by Gasteiger charge is -2.22. The highest BCUT2D eigenvalue weighted by molar-refractivity contribution is 5.94. The SMILES string of the molecule is CCN1CCC[C@H]1CNC(=O)c1ccc(-c2nc(C)no2)cc1. The second-order valence-electron chi connectivity index (χ2n) is 5.86. The highest BCUT2D eigenvalue weighted by Gasteiger charge is 2.23. The van der Waals surface area contributed by atoms with E-state index < -0.39 is 0 Å². The van der Waals surface area contributed by atoms with Crippen LogP contribution in [0.25, 0.3) is 11.5 Å². The number of amides is 1. The van der Waals surface area contributed by atoms with Crippen LogP contribution in [0.1, 0.15) is 35.9 Å². The van der Waals surface area contributed by atoms with Crippen LogP contribution in [0.4, 0.5) is 0 Å². The van der Waals surface area contributed by atoms with Gasteiger partial charge in [-0.25, -0.2) is 0 Å². The highest BCUT2D eigenvalue weighted by Crippen LogP contribution is 2.18. The number of hydrogen-bond acceptors (Lipinski definition) is 5. The average molecular weight is 314 g/mol. The van der Waals surface area contributed by atoms with Crippen LogP contribution >= 0.6 is 0 Å². The summed E-state index contributed by atoms with van der Waals surface area (Å²) in [5.41, 5.74) is 1.46. The molecule has 1 aliphatic heterocycles. The number of carbonyl (C=O) groups excluding carboxylic acids is 1. The van der Waals surface area contributed by atoms with Crippen molar-refractivity contribution in [3.05, 3.63) is 35.7 Å². The van der Waals surface area contributed by atoms with E-state index in [4.69, 9.17) is 4.52 Å². The van der Waals surface area contributed by atoms with Crippen molar-refractivity contribution in [3.8, 4) is 11.5 Å². The van der Waals surface area contributed by atoms with Gasteiger partial charge in [-0.15, -0.1) is 0 Å². The van der Waals surface area contributed by atoms with Gasteiger partial charge in [-0.3, -0.25) is 9.69 Å². The maximum absolute atomic E-state index is 12.3.